The van der Waals surface area contributed by atoms with E-state index in [0.717, 1.165) is 0 Å². The second-order valence-corrected chi connectivity index (χ2v) is 9.29. The van der Waals surface area contributed by atoms with Gasteiger partial charge in [-0.25, -0.2) is 0 Å². The number of fused-ring (bicyclic) bond motifs is 3. The van der Waals surface area contributed by atoms with E-state index in [0.29, 0.717) is 11.1 Å². The van der Waals surface area contributed by atoms with Gasteiger partial charge in [-0.3, -0.25) is 19.3 Å². The lowest BCUT2D eigenvalue weighted by atomic mass is 9.54. The van der Waals surface area contributed by atoms with E-state index in [1.807, 2.05) is 0 Å². The van der Waals surface area contributed by atoms with E-state index in [-0.39, 0.29) is 17.9 Å². The Bertz CT molecular complexity index is 1200. The van der Waals surface area contributed by atoms with Crippen LogP contribution < -0.4 is 11.5 Å². The summed E-state index contributed by atoms with van der Waals surface area (Å²) in [7, 11) is 2.91. The minimum absolute atomic E-state index is 0.0456. The molecule has 3 aliphatic carbocycles. The highest BCUT2D eigenvalue weighted by atomic mass is 16.4. The van der Waals surface area contributed by atoms with Gasteiger partial charge in [0.1, 0.15) is 22.8 Å². The third-order valence-electron chi connectivity index (χ3n) is 7.42. The summed E-state index contributed by atoms with van der Waals surface area (Å²) in [5, 5.41) is 55.5. The smallest absolute Gasteiger partial charge is 0.255 e. The summed E-state index contributed by atoms with van der Waals surface area (Å²) < 4.78 is 0. The molecule has 0 unspecified atom stereocenters. The molecule has 0 spiro atoms. The van der Waals surface area contributed by atoms with E-state index in [4.69, 9.17) is 11.5 Å². The van der Waals surface area contributed by atoms with Gasteiger partial charge in [0.2, 0.25) is 5.78 Å². The molecule has 34 heavy (non-hydrogen) atoms. The van der Waals surface area contributed by atoms with Crippen LogP contribution in [-0.2, 0) is 20.9 Å². The molecule has 0 aliphatic heterocycles. The molecule has 6 atom stereocenters. The van der Waals surface area contributed by atoms with Crippen LogP contribution in [-0.4, -0.2) is 79.7 Å². The minimum atomic E-state index is -2.93. The van der Waals surface area contributed by atoms with Gasteiger partial charge < -0.3 is 37.0 Å². The summed E-state index contributed by atoms with van der Waals surface area (Å²) in [6.45, 7) is 1.71. The minimum Gasteiger partial charge on any atom is -0.508 e. The predicted molar refractivity (Wildman–Crippen MR) is 118 cm³/mol. The molecule has 1 aromatic rings. The van der Waals surface area contributed by atoms with Crippen molar-refractivity contribution in [1.29, 1.82) is 0 Å². The van der Waals surface area contributed by atoms with Gasteiger partial charge >= 0.3 is 0 Å². The average molecular weight is 473 g/mol. The average Bonchev–Trinajstić information content (AvgIpc) is 2.75. The maximum absolute atomic E-state index is 13.8. The Labute approximate surface area is 194 Å². The fourth-order valence-electron chi connectivity index (χ4n) is 5.97. The molecule has 11 nitrogen and oxygen atoms in total. The number of hydrogen-bond acceptors (Lipinski definition) is 10. The molecule has 4 rings (SSSR count). The van der Waals surface area contributed by atoms with E-state index in [1.165, 1.54) is 25.1 Å². The van der Waals surface area contributed by atoms with Crippen molar-refractivity contribution in [3.05, 3.63) is 45.7 Å². The number of Topliss-reactive ketones (excluding diaryl/α,β-unsaturated/α-hetero) is 2. The Balaban J connectivity index is 2.08. The number of primary amides is 1. The van der Waals surface area contributed by atoms with Crippen LogP contribution in [0.25, 0.3) is 5.76 Å². The number of ketones is 2. The van der Waals surface area contributed by atoms with Crippen LogP contribution in [0.2, 0.25) is 0 Å². The molecular formula is C23H27N3O8. The van der Waals surface area contributed by atoms with Crippen LogP contribution in [0.3, 0.4) is 0 Å². The van der Waals surface area contributed by atoms with Gasteiger partial charge in [-0.2, -0.15) is 0 Å². The van der Waals surface area contributed by atoms with Gasteiger partial charge in [-0.05, 0) is 37.2 Å². The highest BCUT2D eigenvalue weighted by Gasteiger charge is 2.68. The van der Waals surface area contributed by atoms with E-state index in [1.54, 1.807) is 13.0 Å². The van der Waals surface area contributed by atoms with Crippen molar-refractivity contribution in [3.63, 3.8) is 0 Å². The number of carbonyl (C=O) groups excluding carboxylic acids is 3. The number of amides is 1. The zero-order chi connectivity index (χ0) is 25.4. The summed E-state index contributed by atoms with van der Waals surface area (Å²) >= 11 is 0. The number of aliphatic hydroxyl groups excluding tert-OH is 3. The van der Waals surface area contributed by atoms with Crippen molar-refractivity contribution < 1.29 is 39.9 Å². The predicted octanol–water partition coefficient (Wildman–Crippen LogP) is -1.05. The monoisotopic (exact) mass is 473 g/mol. The Hall–Kier alpha value is -3.25. The fourth-order valence-corrected chi connectivity index (χ4v) is 5.97. The molecule has 0 bridgehead atoms. The second kappa shape index (κ2) is 7.64. The summed E-state index contributed by atoms with van der Waals surface area (Å²) in [4.78, 5) is 40.2. The Morgan fingerprint density at radius 1 is 1.18 bits per heavy atom. The fraction of sp³-hybridized carbons (Fsp3) is 0.435. The molecule has 1 amide bonds. The maximum Gasteiger partial charge on any atom is 0.255 e. The SMILES string of the molecule is C[C@H]1c2c(CN)ccc(O)c2C(O)=C2C(=O)[C@]3(O)C(O)=C(C(N)=O)C(=O)[C@@H](N(C)C)[C@@H]3[C@@H](O)[C@@H]21. The zero-order valence-electron chi connectivity index (χ0n) is 18.8. The maximum atomic E-state index is 13.8. The van der Waals surface area contributed by atoms with Crippen molar-refractivity contribution in [2.45, 2.75) is 37.1 Å². The number of phenols is 1. The molecule has 1 saturated carbocycles. The number of rotatable bonds is 3. The number of aromatic hydroxyl groups is 1. The number of nitrogens with two attached hydrogens (primary N) is 2. The van der Waals surface area contributed by atoms with Gasteiger partial charge in [0.15, 0.2) is 11.4 Å². The summed E-state index contributed by atoms with van der Waals surface area (Å²) in [6.07, 6.45) is -1.64. The number of hydrogen-bond donors (Lipinski definition) is 7. The molecule has 0 radical (unpaired) electrons. The molecule has 182 valence electrons. The van der Waals surface area contributed by atoms with E-state index in [2.05, 4.69) is 0 Å². The first kappa shape index (κ1) is 23.9. The lowest BCUT2D eigenvalue weighted by Gasteiger charge is -2.53. The molecule has 11 heteroatoms. The van der Waals surface area contributed by atoms with Crippen molar-refractivity contribution >= 4 is 23.2 Å². The number of nitrogens with zero attached hydrogens (tertiary/aromatic N) is 1. The summed E-state index contributed by atoms with van der Waals surface area (Å²) in [5.74, 6) is -9.18. The van der Waals surface area contributed by atoms with Gasteiger partial charge in [-0.15, -0.1) is 0 Å². The van der Waals surface area contributed by atoms with Crippen molar-refractivity contribution in [2.75, 3.05) is 14.1 Å². The first-order chi connectivity index (χ1) is 15.8. The highest BCUT2D eigenvalue weighted by molar-refractivity contribution is 6.24. The van der Waals surface area contributed by atoms with Crippen LogP contribution in [0, 0.1) is 11.8 Å². The Kier molecular flexibility index (Phi) is 5.37. The number of benzene rings is 1. The Morgan fingerprint density at radius 2 is 1.79 bits per heavy atom. The number of carbonyl (C=O) groups is 3. The van der Waals surface area contributed by atoms with Crippen LogP contribution in [0.5, 0.6) is 5.75 Å². The van der Waals surface area contributed by atoms with Crippen molar-refractivity contribution in [1.82, 2.24) is 4.90 Å². The largest absolute Gasteiger partial charge is 0.508 e. The number of likely N-dealkylation sites (N-methyl/N-ethyl adjacent to an activating group) is 1. The molecule has 0 aromatic heterocycles. The third kappa shape index (κ3) is 2.75. The molecule has 1 aromatic carbocycles. The standard InChI is InChI=1S/C23H27N3O8/c1-7-10-8(6-24)4-5-9(27)12(10)17(28)13-11(7)18(29)15-16(26(2)3)19(30)14(22(25)33)21(32)23(15,34)20(13)31/h4-5,7,11,15-16,18,27-29,32,34H,6,24H2,1-3H3,(H2,25,33)/t7-,11+,15+,16-,18-,23-/m0/s1. The highest BCUT2D eigenvalue weighted by Crippen LogP contribution is 2.56. The summed E-state index contributed by atoms with van der Waals surface area (Å²) in [6, 6.07) is 1.48. The molecule has 9 N–H and O–H groups in total. The van der Waals surface area contributed by atoms with Crippen molar-refractivity contribution in [2.24, 2.45) is 23.3 Å². The van der Waals surface area contributed by atoms with Gasteiger partial charge in [0.05, 0.1) is 23.6 Å². The lowest BCUT2D eigenvalue weighted by molar-refractivity contribution is -0.169. The molecule has 3 aliphatic rings. The molecular weight excluding hydrogens is 446 g/mol. The number of phenolic OH excluding ortho intramolecular Hbond substituents is 1. The lowest BCUT2D eigenvalue weighted by Crippen LogP contribution is -2.70. The molecule has 1 fully saturated rings. The van der Waals surface area contributed by atoms with Gasteiger partial charge in [-0.1, -0.05) is 13.0 Å². The molecule has 0 heterocycles. The van der Waals surface area contributed by atoms with Crippen LogP contribution in [0.1, 0.15) is 29.5 Å². The summed E-state index contributed by atoms with van der Waals surface area (Å²) in [5.41, 5.74) is 7.74. The van der Waals surface area contributed by atoms with Crippen LogP contribution in [0.15, 0.2) is 29.0 Å². The van der Waals surface area contributed by atoms with E-state index >= 15 is 0 Å². The topological polar surface area (TPSA) is 208 Å². The van der Waals surface area contributed by atoms with Crippen molar-refractivity contribution in [3.8, 4) is 5.75 Å². The van der Waals surface area contributed by atoms with Gasteiger partial charge in [0.25, 0.3) is 5.91 Å². The molecule has 0 saturated heterocycles. The Morgan fingerprint density at radius 3 is 2.32 bits per heavy atom. The quantitative estimate of drug-likeness (QED) is 0.265. The third-order valence-corrected chi connectivity index (χ3v) is 7.42. The van der Waals surface area contributed by atoms with Crippen LogP contribution in [0.4, 0.5) is 0 Å². The second-order valence-electron chi connectivity index (χ2n) is 9.29. The normalized spacial score (nSPS) is 33.1. The van der Waals surface area contributed by atoms with Gasteiger partial charge in [0, 0.05) is 18.0 Å². The van der Waals surface area contributed by atoms with E-state index in [9.17, 15) is 39.9 Å². The first-order valence-electron chi connectivity index (χ1n) is 10.7. The zero-order valence-corrected chi connectivity index (χ0v) is 18.8. The first-order valence-corrected chi connectivity index (χ1v) is 10.7. The number of aliphatic hydroxyl groups is 4. The van der Waals surface area contributed by atoms with E-state index < -0.39 is 75.6 Å². The van der Waals surface area contributed by atoms with Crippen LogP contribution >= 0.6 is 0 Å².